The predicted octanol–water partition coefficient (Wildman–Crippen LogP) is 5.17. The highest BCUT2D eigenvalue weighted by Crippen LogP contribution is 2.28. The number of hydrogen-bond donors (Lipinski definition) is 1. The first kappa shape index (κ1) is 20.2. The largest absolute Gasteiger partial charge is 0.478 e. The van der Waals surface area contributed by atoms with Crippen LogP contribution in [-0.4, -0.2) is 23.1 Å². The molecular formula is C20H30O4. The van der Waals surface area contributed by atoms with Gasteiger partial charge in [-0.05, 0) is 36.8 Å². The third-order valence-corrected chi connectivity index (χ3v) is 4.74. The average Bonchev–Trinajstić information content (AvgIpc) is 2.60. The second-order valence-corrected chi connectivity index (χ2v) is 6.42. The predicted molar refractivity (Wildman–Crippen MR) is 95.4 cm³/mol. The van der Waals surface area contributed by atoms with Gasteiger partial charge in [0.2, 0.25) is 0 Å². The van der Waals surface area contributed by atoms with Crippen molar-refractivity contribution >= 4 is 11.9 Å². The van der Waals surface area contributed by atoms with Gasteiger partial charge in [-0.1, -0.05) is 59.1 Å². The summed E-state index contributed by atoms with van der Waals surface area (Å²) in [4.78, 5) is 23.9. The SMILES string of the molecule is CCCCC(CC)C(OC(=O)c1ccccc1C(=O)O)C(C)CC. The van der Waals surface area contributed by atoms with Crippen molar-refractivity contribution < 1.29 is 19.4 Å². The minimum atomic E-state index is -1.11. The highest BCUT2D eigenvalue weighted by atomic mass is 16.5. The van der Waals surface area contributed by atoms with Crippen LogP contribution in [0, 0.1) is 11.8 Å². The molecule has 0 aromatic heterocycles. The Hall–Kier alpha value is -1.84. The van der Waals surface area contributed by atoms with Gasteiger partial charge in [-0.2, -0.15) is 0 Å². The number of hydrogen-bond acceptors (Lipinski definition) is 3. The molecule has 0 heterocycles. The van der Waals surface area contributed by atoms with E-state index in [1.54, 1.807) is 12.1 Å². The van der Waals surface area contributed by atoms with E-state index in [4.69, 9.17) is 4.74 Å². The lowest BCUT2D eigenvalue weighted by atomic mass is 9.85. The minimum Gasteiger partial charge on any atom is -0.478 e. The molecule has 0 saturated carbocycles. The zero-order chi connectivity index (χ0) is 18.1. The third-order valence-electron chi connectivity index (χ3n) is 4.74. The Morgan fingerprint density at radius 1 is 1.08 bits per heavy atom. The second-order valence-electron chi connectivity index (χ2n) is 6.42. The molecule has 0 aliphatic heterocycles. The number of ether oxygens (including phenoxy) is 1. The Morgan fingerprint density at radius 2 is 1.71 bits per heavy atom. The van der Waals surface area contributed by atoms with Crippen LogP contribution < -0.4 is 0 Å². The molecule has 4 heteroatoms. The fourth-order valence-corrected chi connectivity index (χ4v) is 3.01. The van der Waals surface area contributed by atoms with Crippen LogP contribution in [-0.2, 0) is 4.74 Å². The second kappa shape index (κ2) is 10.1. The van der Waals surface area contributed by atoms with Crippen LogP contribution in [0.1, 0.15) is 80.5 Å². The van der Waals surface area contributed by atoms with Crippen molar-refractivity contribution in [3.8, 4) is 0 Å². The summed E-state index contributed by atoms with van der Waals surface area (Å²) < 4.78 is 5.83. The molecule has 1 N–H and O–H groups in total. The summed E-state index contributed by atoms with van der Waals surface area (Å²) in [5, 5.41) is 9.27. The zero-order valence-corrected chi connectivity index (χ0v) is 15.2. The van der Waals surface area contributed by atoms with Gasteiger partial charge in [-0.15, -0.1) is 0 Å². The highest BCUT2D eigenvalue weighted by Gasteiger charge is 2.29. The first-order valence-corrected chi connectivity index (χ1v) is 8.99. The number of carboxylic acids is 1. The number of carbonyl (C=O) groups excluding carboxylic acids is 1. The molecule has 1 rings (SSSR count). The monoisotopic (exact) mass is 334 g/mol. The van der Waals surface area contributed by atoms with Gasteiger partial charge in [0.15, 0.2) is 0 Å². The molecule has 0 spiro atoms. The maximum Gasteiger partial charge on any atom is 0.339 e. The maximum absolute atomic E-state index is 12.6. The van der Waals surface area contributed by atoms with Gasteiger partial charge >= 0.3 is 11.9 Å². The molecule has 0 aliphatic carbocycles. The molecule has 0 fully saturated rings. The van der Waals surface area contributed by atoms with Crippen molar-refractivity contribution in [1.82, 2.24) is 0 Å². The average molecular weight is 334 g/mol. The van der Waals surface area contributed by atoms with Crippen molar-refractivity contribution in [2.45, 2.75) is 65.9 Å². The number of carbonyl (C=O) groups is 2. The number of benzene rings is 1. The van der Waals surface area contributed by atoms with E-state index in [1.165, 1.54) is 12.1 Å². The van der Waals surface area contributed by atoms with Gasteiger partial charge in [-0.25, -0.2) is 9.59 Å². The van der Waals surface area contributed by atoms with E-state index >= 15 is 0 Å². The van der Waals surface area contributed by atoms with Crippen LogP contribution in [0.4, 0.5) is 0 Å². The molecule has 1 aromatic rings. The summed E-state index contributed by atoms with van der Waals surface area (Å²) in [6.45, 7) is 8.45. The molecule has 0 saturated heterocycles. The third kappa shape index (κ3) is 5.36. The van der Waals surface area contributed by atoms with E-state index in [2.05, 4.69) is 27.7 Å². The van der Waals surface area contributed by atoms with Crippen molar-refractivity contribution in [3.05, 3.63) is 35.4 Å². The molecule has 3 unspecified atom stereocenters. The van der Waals surface area contributed by atoms with E-state index in [0.717, 1.165) is 32.1 Å². The molecule has 1 aromatic carbocycles. The molecule has 4 nitrogen and oxygen atoms in total. The fourth-order valence-electron chi connectivity index (χ4n) is 3.01. The Morgan fingerprint density at radius 3 is 2.21 bits per heavy atom. The van der Waals surface area contributed by atoms with Crippen LogP contribution in [0.15, 0.2) is 24.3 Å². The van der Waals surface area contributed by atoms with Crippen LogP contribution in [0.25, 0.3) is 0 Å². The summed E-state index contributed by atoms with van der Waals surface area (Å²) in [5.74, 6) is -1.09. The molecule has 0 aliphatic rings. The molecular weight excluding hydrogens is 304 g/mol. The fraction of sp³-hybridized carbons (Fsp3) is 0.600. The van der Waals surface area contributed by atoms with Crippen LogP contribution >= 0.6 is 0 Å². The van der Waals surface area contributed by atoms with Gasteiger partial charge in [-0.3, -0.25) is 0 Å². The van der Waals surface area contributed by atoms with Crippen molar-refractivity contribution in [2.24, 2.45) is 11.8 Å². The summed E-state index contributed by atoms with van der Waals surface area (Å²) in [5.41, 5.74) is 0.121. The van der Waals surface area contributed by atoms with Crippen molar-refractivity contribution in [3.63, 3.8) is 0 Å². The minimum absolute atomic E-state index is 0.00740. The number of carboxylic acid groups (broad SMARTS) is 1. The van der Waals surface area contributed by atoms with Gasteiger partial charge < -0.3 is 9.84 Å². The van der Waals surface area contributed by atoms with E-state index < -0.39 is 11.9 Å². The lowest BCUT2D eigenvalue weighted by molar-refractivity contribution is -0.00922. The van der Waals surface area contributed by atoms with E-state index in [-0.39, 0.29) is 23.1 Å². The van der Waals surface area contributed by atoms with Crippen LogP contribution in [0.5, 0.6) is 0 Å². The first-order valence-electron chi connectivity index (χ1n) is 8.99. The Labute approximate surface area is 145 Å². The topological polar surface area (TPSA) is 63.6 Å². The smallest absolute Gasteiger partial charge is 0.339 e. The quantitative estimate of drug-likeness (QED) is 0.599. The lowest BCUT2D eigenvalue weighted by Gasteiger charge is -2.31. The van der Waals surface area contributed by atoms with E-state index in [0.29, 0.717) is 5.92 Å². The molecule has 3 atom stereocenters. The Bertz CT molecular complexity index is 538. The van der Waals surface area contributed by atoms with Gasteiger partial charge in [0.05, 0.1) is 11.1 Å². The highest BCUT2D eigenvalue weighted by molar-refractivity contribution is 6.02. The van der Waals surface area contributed by atoms with Crippen LogP contribution in [0.2, 0.25) is 0 Å². The number of rotatable bonds is 10. The summed E-state index contributed by atoms with van der Waals surface area (Å²) in [6.07, 6.45) is 4.93. The van der Waals surface area contributed by atoms with Crippen molar-refractivity contribution in [1.29, 1.82) is 0 Å². The van der Waals surface area contributed by atoms with Crippen LogP contribution in [0.3, 0.4) is 0 Å². The normalized spacial score (nSPS) is 14.7. The first-order chi connectivity index (χ1) is 11.5. The zero-order valence-electron chi connectivity index (χ0n) is 15.2. The Balaban J connectivity index is 3.01. The van der Waals surface area contributed by atoms with E-state index in [1.807, 2.05) is 0 Å². The molecule has 0 amide bonds. The number of aromatic carboxylic acids is 1. The Kier molecular flexibility index (Phi) is 8.51. The standard InChI is InChI=1S/C20H30O4/c1-5-8-11-15(7-3)18(14(4)6-2)24-20(23)17-13-10-9-12-16(17)19(21)22/h9-10,12-15,18H,5-8,11H2,1-4H3,(H,21,22). The number of unbranched alkanes of at least 4 members (excludes halogenated alkanes) is 1. The molecule has 0 radical (unpaired) electrons. The van der Waals surface area contributed by atoms with Gasteiger partial charge in [0.25, 0.3) is 0 Å². The molecule has 134 valence electrons. The van der Waals surface area contributed by atoms with Gasteiger partial charge in [0.1, 0.15) is 6.10 Å². The van der Waals surface area contributed by atoms with E-state index in [9.17, 15) is 14.7 Å². The molecule has 24 heavy (non-hydrogen) atoms. The maximum atomic E-state index is 12.6. The van der Waals surface area contributed by atoms with Crippen molar-refractivity contribution in [2.75, 3.05) is 0 Å². The summed E-state index contributed by atoms with van der Waals surface area (Å²) in [7, 11) is 0. The lowest BCUT2D eigenvalue weighted by Crippen LogP contribution is -2.33. The summed E-state index contributed by atoms with van der Waals surface area (Å²) >= 11 is 0. The van der Waals surface area contributed by atoms with Gasteiger partial charge in [0, 0.05) is 0 Å². The summed E-state index contributed by atoms with van der Waals surface area (Å²) in [6, 6.07) is 6.23. The molecule has 0 bridgehead atoms. The number of esters is 1.